The summed E-state index contributed by atoms with van der Waals surface area (Å²) in [5.41, 5.74) is -0.413. The quantitative estimate of drug-likeness (QED) is 0.776. The lowest BCUT2D eigenvalue weighted by atomic mass is 9.86. The van der Waals surface area contributed by atoms with Crippen molar-refractivity contribution in [2.24, 2.45) is 11.3 Å². The maximum Gasteiger partial charge on any atom is 0.310 e. The van der Waals surface area contributed by atoms with Crippen LogP contribution in [0.15, 0.2) is 0 Å². The molecule has 1 unspecified atom stereocenters. The van der Waals surface area contributed by atoms with Crippen LogP contribution in [0.4, 0.5) is 0 Å². The Bertz CT molecular complexity index is 246. The summed E-state index contributed by atoms with van der Waals surface area (Å²) in [5, 5.41) is 9.36. The third kappa shape index (κ3) is 2.17. The van der Waals surface area contributed by atoms with Gasteiger partial charge in [0.25, 0.3) is 0 Å². The Balaban J connectivity index is 1.98. The highest BCUT2D eigenvalue weighted by atomic mass is 16.4. The summed E-state index contributed by atoms with van der Waals surface area (Å²) in [6.07, 6.45) is 5.18. The van der Waals surface area contributed by atoms with E-state index in [2.05, 4.69) is 11.8 Å². The van der Waals surface area contributed by atoms with E-state index in [1.54, 1.807) is 0 Å². The molecule has 0 spiro atoms. The molecule has 0 bridgehead atoms. The van der Waals surface area contributed by atoms with Gasteiger partial charge in [0.2, 0.25) is 0 Å². The number of aliphatic carboxylic acids is 1. The number of carbonyl (C=O) groups is 1. The van der Waals surface area contributed by atoms with Gasteiger partial charge < -0.3 is 10.0 Å². The van der Waals surface area contributed by atoms with Crippen LogP contribution in [0.25, 0.3) is 0 Å². The molecule has 0 aromatic rings. The van der Waals surface area contributed by atoms with Gasteiger partial charge in [0.05, 0.1) is 5.41 Å². The van der Waals surface area contributed by atoms with Gasteiger partial charge in [0.1, 0.15) is 0 Å². The third-order valence-electron chi connectivity index (χ3n) is 4.05. The fourth-order valence-corrected chi connectivity index (χ4v) is 3.09. The highest BCUT2D eigenvalue weighted by Gasteiger charge is 2.43. The van der Waals surface area contributed by atoms with E-state index in [-0.39, 0.29) is 0 Å². The lowest BCUT2D eigenvalue weighted by Crippen LogP contribution is -2.40. The van der Waals surface area contributed by atoms with E-state index in [4.69, 9.17) is 0 Å². The average molecular weight is 211 g/mol. The molecule has 86 valence electrons. The topological polar surface area (TPSA) is 40.5 Å². The van der Waals surface area contributed by atoms with Crippen molar-refractivity contribution in [1.82, 2.24) is 4.90 Å². The van der Waals surface area contributed by atoms with Crippen molar-refractivity contribution in [2.45, 2.75) is 39.0 Å². The van der Waals surface area contributed by atoms with Crippen molar-refractivity contribution in [1.29, 1.82) is 0 Å². The number of likely N-dealkylation sites (tertiary alicyclic amines) is 1. The molecule has 1 N–H and O–H groups in total. The van der Waals surface area contributed by atoms with Crippen LogP contribution in [0.5, 0.6) is 0 Å². The Kier molecular flexibility index (Phi) is 3.01. The fraction of sp³-hybridized carbons (Fsp3) is 0.917. The first-order valence-electron chi connectivity index (χ1n) is 6.08. The molecule has 0 aromatic heterocycles. The summed E-state index contributed by atoms with van der Waals surface area (Å²) in [6.45, 7) is 5.22. The smallest absolute Gasteiger partial charge is 0.310 e. The minimum Gasteiger partial charge on any atom is -0.481 e. The predicted octanol–water partition coefficient (Wildman–Crippen LogP) is 1.97. The van der Waals surface area contributed by atoms with Gasteiger partial charge in [0.15, 0.2) is 0 Å². The molecule has 15 heavy (non-hydrogen) atoms. The zero-order chi connectivity index (χ0) is 10.9. The van der Waals surface area contributed by atoms with Crippen molar-refractivity contribution in [2.75, 3.05) is 19.6 Å². The van der Waals surface area contributed by atoms with Crippen molar-refractivity contribution in [3.05, 3.63) is 0 Å². The Morgan fingerprint density at radius 3 is 2.60 bits per heavy atom. The van der Waals surface area contributed by atoms with Crippen LogP contribution in [0.2, 0.25) is 0 Å². The highest BCUT2D eigenvalue weighted by molar-refractivity contribution is 5.75. The SMILES string of the molecule is CC1CCN(CC2(C(=O)O)CCCC2)C1. The molecule has 2 rings (SSSR count). The standard InChI is InChI=1S/C12H21NO2/c1-10-4-7-13(8-10)9-12(11(14)15)5-2-3-6-12/h10H,2-9H2,1H3,(H,14,15). The summed E-state index contributed by atoms with van der Waals surface area (Å²) in [6, 6.07) is 0. The van der Waals surface area contributed by atoms with Crippen LogP contribution in [-0.2, 0) is 4.79 Å². The van der Waals surface area contributed by atoms with E-state index in [1.165, 1.54) is 6.42 Å². The van der Waals surface area contributed by atoms with Crippen LogP contribution in [0.1, 0.15) is 39.0 Å². The van der Waals surface area contributed by atoms with Crippen molar-refractivity contribution < 1.29 is 9.90 Å². The molecule has 0 aromatic carbocycles. The lowest BCUT2D eigenvalue weighted by molar-refractivity contribution is -0.149. The van der Waals surface area contributed by atoms with E-state index in [1.807, 2.05) is 0 Å². The Labute approximate surface area is 91.5 Å². The second kappa shape index (κ2) is 4.12. The molecule has 0 amide bonds. The number of hydrogen-bond acceptors (Lipinski definition) is 2. The predicted molar refractivity (Wildman–Crippen MR) is 58.8 cm³/mol. The van der Waals surface area contributed by atoms with Crippen LogP contribution in [0, 0.1) is 11.3 Å². The molecule has 1 saturated carbocycles. The number of nitrogens with zero attached hydrogens (tertiary/aromatic N) is 1. The number of carboxylic acid groups (broad SMARTS) is 1. The molecule has 1 saturated heterocycles. The van der Waals surface area contributed by atoms with Crippen LogP contribution in [0.3, 0.4) is 0 Å². The number of hydrogen-bond donors (Lipinski definition) is 1. The average Bonchev–Trinajstić information content (AvgIpc) is 2.77. The van der Waals surface area contributed by atoms with E-state index >= 15 is 0 Å². The zero-order valence-electron chi connectivity index (χ0n) is 9.54. The van der Waals surface area contributed by atoms with Gasteiger partial charge in [-0.1, -0.05) is 19.8 Å². The molecule has 2 aliphatic rings. The van der Waals surface area contributed by atoms with E-state index in [0.29, 0.717) is 0 Å². The van der Waals surface area contributed by atoms with E-state index in [0.717, 1.165) is 51.2 Å². The molecular weight excluding hydrogens is 190 g/mol. The Morgan fingerprint density at radius 1 is 1.47 bits per heavy atom. The lowest BCUT2D eigenvalue weighted by Gasteiger charge is -2.29. The Hall–Kier alpha value is -0.570. The summed E-state index contributed by atoms with van der Waals surface area (Å²) in [4.78, 5) is 13.7. The number of rotatable bonds is 3. The molecule has 1 atom stereocenters. The molecular formula is C12H21NO2. The third-order valence-corrected chi connectivity index (χ3v) is 4.05. The summed E-state index contributed by atoms with van der Waals surface area (Å²) >= 11 is 0. The first kappa shape index (κ1) is 10.9. The van der Waals surface area contributed by atoms with Crippen molar-refractivity contribution in [3.63, 3.8) is 0 Å². The first-order chi connectivity index (χ1) is 7.12. The molecule has 3 nitrogen and oxygen atoms in total. The second-order valence-corrected chi connectivity index (χ2v) is 5.42. The molecule has 1 aliphatic carbocycles. The summed E-state index contributed by atoms with van der Waals surface area (Å²) in [7, 11) is 0. The molecule has 0 radical (unpaired) electrons. The van der Waals surface area contributed by atoms with Gasteiger partial charge in [-0.15, -0.1) is 0 Å². The van der Waals surface area contributed by atoms with E-state index < -0.39 is 11.4 Å². The van der Waals surface area contributed by atoms with Gasteiger partial charge in [-0.25, -0.2) is 0 Å². The summed E-state index contributed by atoms with van der Waals surface area (Å²) < 4.78 is 0. The largest absolute Gasteiger partial charge is 0.481 e. The van der Waals surface area contributed by atoms with Gasteiger partial charge in [-0.2, -0.15) is 0 Å². The van der Waals surface area contributed by atoms with Crippen LogP contribution >= 0.6 is 0 Å². The maximum atomic E-state index is 11.4. The van der Waals surface area contributed by atoms with Gasteiger partial charge >= 0.3 is 5.97 Å². The Morgan fingerprint density at radius 2 is 2.13 bits per heavy atom. The molecule has 3 heteroatoms. The maximum absolute atomic E-state index is 11.4. The monoisotopic (exact) mass is 211 g/mol. The summed E-state index contributed by atoms with van der Waals surface area (Å²) in [5.74, 6) is 0.178. The van der Waals surface area contributed by atoms with Gasteiger partial charge in [-0.3, -0.25) is 4.79 Å². The molecule has 1 heterocycles. The van der Waals surface area contributed by atoms with Crippen LogP contribution < -0.4 is 0 Å². The molecule has 1 aliphatic heterocycles. The minimum absolute atomic E-state index is 0.413. The fourth-order valence-electron chi connectivity index (χ4n) is 3.09. The number of carboxylic acids is 1. The molecule has 2 fully saturated rings. The van der Waals surface area contributed by atoms with Crippen LogP contribution in [-0.4, -0.2) is 35.6 Å². The van der Waals surface area contributed by atoms with Crippen molar-refractivity contribution in [3.8, 4) is 0 Å². The normalized spacial score (nSPS) is 30.9. The highest BCUT2D eigenvalue weighted by Crippen LogP contribution is 2.39. The zero-order valence-corrected chi connectivity index (χ0v) is 9.54. The van der Waals surface area contributed by atoms with Gasteiger partial charge in [-0.05, 0) is 31.7 Å². The minimum atomic E-state index is -0.570. The second-order valence-electron chi connectivity index (χ2n) is 5.42. The first-order valence-corrected chi connectivity index (χ1v) is 6.08. The van der Waals surface area contributed by atoms with E-state index in [9.17, 15) is 9.90 Å². The van der Waals surface area contributed by atoms with Gasteiger partial charge in [0, 0.05) is 13.1 Å². The van der Waals surface area contributed by atoms with Crippen molar-refractivity contribution >= 4 is 5.97 Å².